The first-order chi connectivity index (χ1) is 27.6. The Bertz CT molecular complexity index is 2220. The first-order valence-corrected chi connectivity index (χ1v) is 22.7. The zero-order valence-electron chi connectivity index (χ0n) is 31.0. The summed E-state index contributed by atoms with van der Waals surface area (Å²) in [6, 6.07) is 64.7. The molecule has 8 rings (SSSR count). The minimum atomic E-state index is -10.7. The number of aromatic carboxylic acids is 1. The van der Waals surface area contributed by atoms with Crippen LogP contribution in [0.3, 0.4) is 0 Å². The number of aromatic nitrogens is 3. The quantitative estimate of drug-likeness (QED) is 0.0656. The van der Waals surface area contributed by atoms with E-state index in [2.05, 4.69) is 136 Å². The van der Waals surface area contributed by atoms with E-state index >= 15 is 0 Å². The summed E-state index contributed by atoms with van der Waals surface area (Å²) in [5.41, 5.74) is 3.77. The van der Waals surface area contributed by atoms with E-state index in [9.17, 15) is 35.1 Å². The molecule has 0 fully saturated rings. The molecule has 2 heterocycles. The van der Waals surface area contributed by atoms with Gasteiger partial charge in [-0.1, -0.05) is 152 Å². The van der Waals surface area contributed by atoms with Crippen LogP contribution in [0.5, 0.6) is 0 Å². The number of hydrogen-bond acceptors (Lipinski definition) is 5. The van der Waals surface area contributed by atoms with Crippen LogP contribution >= 0.6 is 23.7 Å². The number of rotatable bonds is 8. The number of fused-ring (bicyclic) bond motifs is 2. The van der Waals surface area contributed by atoms with Gasteiger partial charge in [-0.3, -0.25) is 4.98 Å². The summed E-state index contributed by atoms with van der Waals surface area (Å²) in [5.74, 6) is -1.24. The molecule has 0 aliphatic rings. The molecule has 2 aromatic heterocycles. The van der Waals surface area contributed by atoms with E-state index < -0.39 is 13.8 Å². The standard InChI is InChI=1S/C26H24P2.C12H8N2.C6H5NO2.F6P.Ru/c1-5-13-23(14-6-1)27(24-15-7-2-8-16-24)21-22-28(25-17-9-3-10-18-25)26-19-11-4-12-20-26;1-2-6-10-9(5-1)13-11-7-3-4-8-12(11)14-10;8-6(9)5-3-1-2-4-7-5;1-7(2,3,4,5)6;/h1-20H,21-22H2;1-8H;1-4H,(H,8,9);;/q;;;-1;+2/p-1. The second-order valence-corrected chi connectivity index (χ2v) is 18.9. The zero-order valence-corrected chi connectivity index (χ0v) is 35.4. The summed E-state index contributed by atoms with van der Waals surface area (Å²) in [4.78, 5) is 22.6. The first kappa shape index (κ1) is 46.7. The second kappa shape index (κ2) is 20.8. The predicted molar refractivity (Wildman–Crippen MR) is 227 cm³/mol. The van der Waals surface area contributed by atoms with Crippen molar-refractivity contribution in [1.82, 2.24) is 15.0 Å². The van der Waals surface area contributed by atoms with E-state index in [0.717, 1.165) is 22.1 Å². The van der Waals surface area contributed by atoms with Gasteiger partial charge in [0.2, 0.25) is 0 Å². The third-order valence-electron chi connectivity index (χ3n) is 7.94. The molecular formula is C44H36F6N3O2P3Ru. The Morgan fingerprint density at radius 1 is 0.441 bits per heavy atom. The Kier molecular flexibility index (Phi) is 16.5. The topological polar surface area (TPSA) is 78.8 Å². The molecule has 0 saturated heterocycles. The van der Waals surface area contributed by atoms with Crippen LogP contribution < -0.4 is 26.3 Å². The number of nitrogens with zero attached hydrogens (tertiary/aromatic N) is 3. The molecule has 0 amide bonds. The van der Waals surface area contributed by atoms with Crippen molar-refractivity contribution >= 4 is 72.9 Å². The summed E-state index contributed by atoms with van der Waals surface area (Å²) < 4.78 is 59.2. The summed E-state index contributed by atoms with van der Waals surface area (Å²) in [5, 5.41) is 15.9. The van der Waals surface area contributed by atoms with Crippen LogP contribution in [-0.2, 0) is 19.5 Å². The molecule has 5 nitrogen and oxygen atoms in total. The van der Waals surface area contributed by atoms with Gasteiger partial charge in [-0.25, -0.2) is 9.97 Å². The van der Waals surface area contributed by atoms with Crippen LogP contribution in [0.2, 0.25) is 0 Å². The van der Waals surface area contributed by atoms with Crippen molar-refractivity contribution in [3.63, 3.8) is 0 Å². The third-order valence-corrected chi connectivity index (χ3v) is 13.3. The number of pyridine rings is 1. The Labute approximate surface area is 353 Å². The summed E-state index contributed by atoms with van der Waals surface area (Å²) in [6.07, 6.45) is 3.82. The molecule has 0 radical (unpaired) electrons. The molecule has 8 aromatic rings. The number of para-hydroxylation sites is 4. The third kappa shape index (κ3) is 17.0. The van der Waals surface area contributed by atoms with Crippen LogP contribution in [0, 0.1) is 0 Å². The SMILES string of the molecule is F[P-](F)(F)(F)(F)F.O=C([O-])c1ccccn1.[Ru+2].c1ccc(P(CCP(c2ccccc2)c2ccccc2)c2ccccc2)cc1.c1ccc2nc3ccccc3nc2c1. The van der Waals surface area contributed by atoms with E-state index in [1.54, 1.807) is 12.1 Å². The van der Waals surface area contributed by atoms with E-state index in [1.807, 2.05) is 48.5 Å². The molecule has 59 heavy (non-hydrogen) atoms. The summed E-state index contributed by atoms with van der Waals surface area (Å²) in [7, 11) is -11.4. The second-order valence-electron chi connectivity index (χ2n) is 12.3. The molecule has 6 aromatic carbocycles. The van der Waals surface area contributed by atoms with E-state index in [1.165, 1.54) is 45.8 Å². The summed E-state index contributed by atoms with van der Waals surface area (Å²) >= 11 is 0. The molecule has 0 N–H and O–H groups in total. The Morgan fingerprint density at radius 3 is 0.915 bits per heavy atom. The van der Waals surface area contributed by atoms with Gasteiger partial charge in [-0.2, -0.15) is 0 Å². The normalized spacial score (nSPS) is 11.9. The van der Waals surface area contributed by atoms with E-state index in [0.29, 0.717) is 0 Å². The molecule has 0 saturated carbocycles. The van der Waals surface area contributed by atoms with Crippen molar-refractivity contribution < 1.29 is 54.6 Å². The fraction of sp³-hybridized carbons (Fsp3) is 0.0455. The molecular weight excluding hydrogens is 910 g/mol. The van der Waals surface area contributed by atoms with Crippen molar-refractivity contribution in [3.05, 3.63) is 200 Å². The molecule has 0 aliphatic carbocycles. The maximum absolute atomic E-state index is 10.7. The Hall–Kier alpha value is -4.97. The number of hydrogen-bond donors (Lipinski definition) is 0. The van der Waals surface area contributed by atoms with Crippen molar-refractivity contribution in [2.75, 3.05) is 12.3 Å². The van der Waals surface area contributed by atoms with Crippen LogP contribution in [-0.4, -0.2) is 33.2 Å². The van der Waals surface area contributed by atoms with Crippen LogP contribution in [0.1, 0.15) is 10.5 Å². The van der Waals surface area contributed by atoms with Gasteiger partial charge in [-0.05, 0) is 85.8 Å². The maximum atomic E-state index is 10.0. The maximum Gasteiger partial charge on any atom is 2.00 e. The average molecular weight is 947 g/mol. The van der Waals surface area contributed by atoms with E-state index in [4.69, 9.17) is 0 Å². The van der Waals surface area contributed by atoms with Gasteiger partial charge in [0, 0.05) is 6.20 Å². The number of carboxylic acid groups (broad SMARTS) is 1. The van der Waals surface area contributed by atoms with Crippen molar-refractivity contribution in [2.24, 2.45) is 0 Å². The Balaban J connectivity index is 0.000000205. The zero-order chi connectivity index (χ0) is 41.5. The van der Waals surface area contributed by atoms with Gasteiger partial charge in [0.05, 0.1) is 33.7 Å². The molecule has 0 bridgehead atoms. The van der Waals surface area contributed by atoms with Gasteiger partial charge in [-0.15, -0.1) is 0 Å². The van der Waals surface area contributed by atoms with Crippen molar-refractivity contribution in [2.45, 2.75) is 0 Å². The van der Waals surface area contributed by atoms with Crippen LogP contribution in [0.25, 0.3) is 22.1 Å². The van der Waals surface area contributed by atoms with Gasteiger partial charge in [0.15, 0.2) is 0 Å². The smallest absolute Gasteiger partial charge is 0.543 e. The molecule has 0 unspecified atom stereocenters. The predicted octanol–water partition coefficient (Wildman–Crippen LogP) is 10.9. The molecule has 304 valence electrons. The number of carboxylic acids is 1. The van der Waals surface area contributed by atoms with Crippen LogP contribution in [0.15, 0.2) is 194 Å². The molecule has 15 heteroatoms. The Morgan fingerprint density at radius 2 is 0.695 bits per heavy atom. The summed E-state index contributed by atoms with van der Waals surface area (Å²) in [6.45, 7) is 0. The van der Waals surface area contributed by atoms with Gasteiger partial charge < -0.3 is 9.90 Å². The minimum Gasteiger partial charge on any atom is -0.543 e. The largest absolute Gasteiger partial charge is 2.00 e. The number of carbonyl (C=O) groups excluding carboxylic acids is 1. The molecule has 0 aliphatic heterocycles. The van der Waals surface area contributed by atoms with Crippen molar-refractivity contribution in [1.29, 1.82) is 0 Å². The number of benzene rings is 6. The van der Waals surface area contributed by atoms with Crippen LogP contribution in [0.4, 0.5) is 25.2 Å². The van der Waals surface area contributed by atoms with E-state index in [-0.39, 0.29) is 41.0 Å². The fourth-order valence-electron chi connectivity index (χ4n) is 5.50. The minimum absolute atomic E-state index is 0. The van der Waals surface area contributed by atoms with Gasteiger partial charge >= 0.3 is 52.5 Å². The van der Waals surface area contributed by atoms with Crippen molar-refractivity contribution in [3.8, 4) is 0 Å². The number of carbonyl (C=O) groups is 1. The monoisotopic (exact) mass is 947 g/mol. The molecule has 0 spiro atoms. The van der Waals surface area contributed by atoms with Gasteiger partial charge in [0.1, 0.15) is 0 Å². The fourth-order valence-corrected chi connectivity index (χ4v) is 10.9. The molecule has 0 atom stereocenters. The average Bonchev–Trinajstić information content (AvgIpc) is 3.22. The van der Waals surface area contributed by atoms with Gasteiger partial charge in [0.25, 0.3) is 0 Å². The number of halogens is 6. The first-order valence-electron chi connectivity index (χ1n) is 17.7.